The van der Waals surface area contributed by atoms with Crippen LogP contribution in [0.2, 0.25) is 5.02 Å². The van der Waals surface area contributed by atoms with Crippen LogP contribution in [-0.2, 0) is 20.2 Å². The van der Waals surface area contributed by atoms with Crippen molar-refractivity contribution in [3.8, 4) is 11.5 Å². The molecule has 0 bridgehead atoms. The molecule has 0 saturated heterocycles. The van der Waals surface area contributed by atoms with Crippen molar-refractivity contribution in [2.45, 2.75) is 20.1 Å². The summed E-state index contributed by atoms with van der Waals surface area (Å²) >= 11 is 6.31. The first-order valence-electron chi connectivity index (χ1n) is 6.81. The summed E-state index contributed by atoms with van der Waals surface area (Å²) in [4.78, 5) is 4.22. The monoisotopic (exact) mass is 309 g/mol. The van der Waals surface area contributed by atoms with Crippen LogP contribution >= 0.6 is 11.6 Å². The van der Waals surface area contributed by atoms with Gasteiger partial charge in [-0.05, 0) is 24.2 Å². The fourth-order valence-corrected chi connectivity index (χ4v) is 2.24. The molecule has 0 aliphatic carbocycles. The van der Waals surface area contributed by atoms with Crippen molar-refractivity contribution >= 4 is 11.6 Å². The maximum atomic E-state index is 6.31. The number of aryl methyl sites for hydroxylation is 1. The lowest BCUT2D eigenvalue weighted by molar-refractivity contribution is 0.273. The lowest BCUT2D eigenvalue weighted by Gasteiger charge is -2.14. The Morgan fingerprint density at radius 2 is 2.19 bits per heavy atom. The highest BCUT2D eigenvalue weighted by atomic mass is 35.5. The van der Waals surface area contributed by atoms with E-state index < -0.39 is 0 Å². The van der Waals surface area contributed by atoms with E-state index in [4.69, 9.17) is 21.1 Å². The van der Waals surface area contributed by atoms with Crippen molar-refractivity contribution in [2.75, 3.05) is 13.7 Å². The standard InChI is InChI=1S/C15H20ClN3O2/c1-4-17-9-11-7-12(16)15(13(8-11)20-3)21-10-14-18-5-6-19(14)2/h5-8,17H,4,9-10H2,1-3H3. The first kappa shape index (κ1) is 15.7. The molecule has 0 aliphatic heterocycles. The van der Waals surface area contributed by atoms with Crippen LogP contribution < -0.4 is 14.8 Å². The van der Waals surface area contributed by atoms with Crippen molar-refractivity contribution in [3.05, 3.63) is 40.9 Å². The topological polar surface area (TPSA) is 48.3 Å². The predicted molar refractivity (Wildman–Crippen MR) is 82.9 cm³/mol. The van der Waals surface area contributed by atoms with E-state index in [0.717, 1.165) is 24.5 Å². The summed E-state index contributed by atoms with van der Waals surface area (Å²) in [7, 11) is 3.53. The molecule has 0 atom stereocenters. The SMILES string of the molecule is CCNCc1cc(Cl)c(OCc2nccn2C)c(OC)c1. The molecular formula is C15H20ClN3O2. The van der Waals surface area contributed by atoms with Crippen LogP contribution in [0.15, 0.2) is 24.5 Å². The minimum atomic E-state index is 0.339. The van der Waals surface area contributed by atoms with Gasteiger partial charge in [0.1, 0.15) is 12.4 Å². The summed E-state index contributed by atoms with van der Waals surface area (Å²) in [6.45, 7) is 4.04. The molecule has 0 spiro atoms. The third kappa shape index (κ3) is 3.89. The van der Waals surface area contributed by atoms with Gasteiger partial charge in [-0.2, -0.15) is 0 Å². The number of imidazole rings is 1. The van der Waals surface area contributed by atoms with Gasteiger partial charge in [-0.1, -0.05) is 18.5 Å². The largest absolute Gasteiger partial charge is 0.493 e. The van der Waals surface area contributed by atoms with Gasteiger partial charge in [0, 0.05) is 26.0 Å². The maximum Gasteiger partial charge on any atom is 0.180 e. The molecule has 0 unspecified atom stereocenters. The van der Waals surface area contributed by atoms with Gasteiger partial charge >= 0.3 is 0 Å². The summed E-state index contributed by atoms with van der Waals surface area (Å²) in [6.07, 6.45) is 3.61. The second-order valence-electron chi connectivity index (χ2n) is 4.63. The summed E-state index contributed by atoms with van der Waals surface area (Å²) in [5.74, 6) is 2.00. The Morgan fingerprint density at radius 1 is 1.38 bits per heavy atom. The third-order valence-corrected chi connectivity index (χ3v) is 3.42. The molecule has 5 nitrogen and oxygen atoms in total. The van der Waals surface area contributed by atoms with Crippen molar-refractivity contribution in [3.63, 3.8) is 0 Å². The van der Waals surface area contributed by atoms with E-state index in [1.54, 1.807) is 13.3 Å². The first-order valence-corrected chi connectivity index (χ1v) is 7.19. The Hall–Kier alpha value is -1.72. The van der Waals surface area contributed by atoms with Crippen LogP contribution in [-0.4, -0.2) is 23.2 Å². The quantitative estimate of drug-likeness (QED) is 0.854. The molecule has 1 heterocycles. The summed E-state index contributed by atoms with van der Waals surface area (Å²) in [5, 5.41) is 3.79. The van der Waals surface area contributed by atoms with Crippen molar-refractivity contribution in [1.82, 2.24) is 14.9 Å². The number of methoxy groups -OCH3 is 1. The van der Waals surface area contributed by atoms with Crippen LogP contribution in [0.5, 0.6) is 11.5 Å². The fourth-order valence-electron chi connectivity index (χ4n) is 1.96. The highest BCUT2D eigenvalue weighted by Gasteiger charge is 2.13. The smallest absolute Gasteiger partial charge is 0.180 e. The number of rotatable bonds is 7. The van der Waals surface area contributed by atoms with Crippen LogP contribution in [0.4, 0.5) is 0 Å². The van der Waals surface area contributed by atoms with Crippen LogP contribution in [0.25, 0.3) is 0 Å². The number of aromatic nitrogens is 2. The van der Waals surface area contributed by atoms with Gasteiger partial charge in [0.05, 0.1) is 12.1 Å². The third-order valence-electron chi connectivity index (χ3n) is 3.13. The minimum absolute atomic E-state index is 0.339. The molecule has 1 aromatic heterocycles. The number of halogens is 1. The normalized spacial score (nSPS) is 10.7. The summed E-state index contributed by atoms with van der Waals surface area (Å²) in [5.41, 5.74) is 1.06. The zero-order valence-electron chi connectivity index (χ0n) is 12.5. The number of nitrogens with one attached hydrogen (secondary N) is 1. The lowest BCUT2D eigenvalue weighted by atomic mass is 10.2. The molecular weight excluding hydrogens is 290 g/mol. The van der Waals surface area contributed by atoms with E-state index in [0.29, 0.717) is 23.1 Å². The number of hydrogen-bond acceptors (Lipinski definition) is 4. The second kappa shape index (κ2) is 7.33. The highest BCUT2D eigenvalue weighted by Crippen LogP contribution is 2.36. The van der Waals surface area contributed by atoms with Crippen molar-refractivity contribution in [2.24, 2.45) is 7.05 Å². The number of benzene rings is 1. The molecule has 0 amide bonds. The summed E-state index contributed by atoms with van der Waals surface area (Å²) < 4.78 is 13.1. The van der Waals surface area contributed by atoms with Gasteiger partial charge in [0.25, 0.3) is 0 Å². The van der Waals surface area contributed by atoms with Crippen molar-refractivity contribution in [1.29, 1.82) is 0 Å². The average molecular weight is 310 g/mol. The molecule has 0 saturated carbocycles. The van der Waals surface area contributed by atoms with Gasteiger partial charge < -0.3 is 19.4 Å². The van der Waals surface area contributed by atoms with Gasteiger partial charge in [-0.25, -0.2) is 4.98 Å². The van der Waals surface area contributed by atoms with E-state index >= 15 is 0 Å². The van der Waals surface area contributed by atoms with E-state index in [1.165, 1.54) is 0 Å². The molecule has 1 aromatic carbocycles. The van der Waals surface area contributed by atoms with E-state index in [2.05, 4.69) is 17.2 Å². The molecule has 2 rings (SSSR count). The molecule has 114 valence electrons. The average Bonchev–Trinajstić information content (AvgIpc) is 2.88. The molecule has 0 fully saturated rings. The molecule has 2 aromatic rings. The van der Waals surface area contributed by atoms with E-state index in [9.17, 15) is 0 Å². The second-order valence-corrected chi connectivity index (χ2v) is 5.04. The van der Waals surface area contributed by atoms with E-state index in [-0.39, 0.29) is 0 Å². The predicted octanol–water partition coefficient (Wildman–Crippen LogP) is 2.77. The van der Waals surface area contributed by atoms with Crippen LogP contribution in [0.1, 0.15) is 18.3 Å². The van der Waals surface area contributed by atoms with Gasteiger partial charge in [-0.15, -0.1) is 0 Å². The fraction of sp³-hybridized carbons (Fsp3) is 0.400. The van der Waals surface area contributed by atoms with E-state index in [1.807, 2.05) is 29.9 Å². The van der Waals surface area contributed by atoms with Crippen LogP contribution in [0.3, 0.4) is 0 Å². The van der Waals surface area contributed by atoms with Gasteiger partial charge in [-0.3, -0.25) is 0 Å². The van der Waals surface area contributed by atoms with Crippen LogP contribution in [0, 0.1) is 0 Å². The molecule has 1 N–H and O–H groups in total. The molecule has 6 heteroatoms. The zero-order valence-corrected chi connectivity index (χ0v) is 13.3. The number of nitrogens with zero attached hydrogens (tertiary/aromatic N) is 2. The Balaban J connectivity index is 2.16. The number of ether oxygens (including phenoxy) is 2. The van der Waals surface area contributed by atoms with Crippen molar-refractivity contribution < 1.29 is 9.47 Å². The molecule has 21 heavy (non-hydrogen) atoms. The number of hydrogen-bond donors (Lipinski definition) is 1. The Labute approximate surface area is 129 Å². The molecule has 0 aliphatic rings. The Morgan fingerprint density at radius 3 is 2.81 bits per heavy atom. The van der Waals surface area contributed by atoms with Gasteiger partial charge in [0.2, 0.25) is 0 Å². The maximum absolute atomic E-state index is 6.31. The summed E-state index contributed by atoms with van der Waals surface area (Å²) in [6, 6.07) is 3.82. The first-order chi connectivity index (χ1) is 10.2. The molecule has 0 radical (unpaired) electrons. The highest BCUT2D eigenvalue weighted by molar-refractivity contribution is 6.32. The minimum Gasteiger partial charge on any atom is -0.493 e. The Bertz CT molecular complexity index is 599. The lowest BCUT2D eigenvalue weighted by Crippen LogP contribution is -2.12. The zero-order chi connectivity index (χ0) is 15.2. The Kier molecular flexibility index (Phi) is 5.47. The van der Waals surface area contributed by atoms with Gasteiger partial charge in [0.15, 0.2) is 11.5 Å².